The highest BCUT2D eigenvalue weighted by atomic mass is 19.4. The third-order valence-electron chi connectivity index (χ3n) is 5.44. The summed E-state index contributed by atoms with van der Waals surface area (Å²) in [6.45, 7) is 1.94. The van der Waals surface area contributed by atoms with E-state index in [9.17, 15) is 13.2 Å². The molecule has 4 rings (SSSR count). The first kappa shape index (κ1) is 24.1. The van der Waals surface area contributed by atoms with Gasteiger partial charge in [-0.05, 0) is 18.9 Å². The van der Waals surface area contributed by atoms with Gasteiger partial charge in [0.1, 0.15) is 5.69 Å². The Hall–Kier alpha value is -3.08. The fourth-order valence-corrected chi connectivity index (χ4v) is 4.07. The van der Waals surface area contributed by atoms with Crippen LogP contribution in [0, 0.1) is 0 Å². The highest BCUT2D eigenvalue weighted by Crippen LogP contribution is 2.27. The molecule has 0 saturated carbocycles. The van der Waals surface area contributed by atoms with E-state index < -0.39 is 11.9 Å². The molecule has 10 N–H and O–H groups in total. The summed E-state index contributed by atoms with van der Waals surface area (Å²) < 4.78 is 38.9. The summed E-state index contributed by atoms with van der Waals surface area (Å²) in [7, 11) is 0. The average Bonchev–Trinajstić information content (AvgIpc) is 2.76. The van der Waals surface area contributed by atoms with Gasteiger partial charge in [0, 0.05) is 56.5 Å². The van der Waals surface area contributed by atoms with Crippen molar-refractivity contribution in [1.82, 2.24) is 24.9 Å². The molecule has 2 aliphatic heterocycles. The van der Waals surface area contributed by atoms with Gasteiger partial charge < -0.3 is 32.7 Å². The molecule has 0 unspecified atom stereocenters. The summed E-state index contributed by atoms with van der Waals surface area (Å²) in [5, 5.41) is 0. The first-order valence-corrected chi connectivity index (χ1v) is 10.8. The van der Waals surface area contributed by atoms with Crippen molar-refractivity contribution >= 4 is 23.8 Å². The second-order valence-electron chi connectivity index (χ2n) is 8.59. The molecular weight excluding hydrogens is 455 g/mol. The number of anilines is 4. The van der Waals surface area contributed by atoms with Crippen LogP contribution in [-0.2, 0) is 6.18 Å². The SMILES string of the molecule is N[C@@H]1C[C@H](N)CN(c2nc(NNc3nccc(C(F)(F)F)n3)nc(N3C[C@H](N)C[C@H](N)C3)n2)C1. The number of piperidine rings is 2. The van der Waals surface area contributed by atoms with Crippen molar-refractivity contribution in [2.45, 2.75) is 43.2 Å². The molecule has 2 fully saturated rings. The summed E-state index contributed by atoms with van der Waals surface area (Å²) in [4.78, 5) is 24.3. The van der Waals surface area contributed by atoms with Gasteiger partial charge in [-0.3, -0.25) is 10.9 Å². The molecule has 2 aromatic rings. The van der Waals surface area contributed by atoms with E-state index in [1.807, 2.05) is 9.80 Å². The molecule has 13 nitrogen and oxygen atoms in total. The summed E-state index contributed by atoms with van der Waals surface area (Å²) in [6.07, 6.45) is -2.27. The predicted molar refractivity (Wildman–Crippen MR) is 120 cm³/mol. The van der Waals surface area contributed by atoms with E-state index in [0.29, 0.717) is 50.9 Å². The van der Waals surface area contributed by atoms with Gasteiger partial charge in [0.2, 0.25) is 23.8 Å². The zero-order valence-corrected chi connectivity index (χ0v) is 18.3. The maximum absolute atomic E-state index is 13.0. The van der Waals surface area contributed by atoms with Gasteiger partial charge in [-0.2, -0.15) is 28.1 Å². The molecule has 0 radical (unpaired) electrons. The first-order chi connectivity index (χ1) is 16.1. The maximum atomic E-state index is 13.0. The molecule has 0 spiro atoms. The third-order valence-corrected chi connectivity index (χ3v) is 5.44. The number of alkyl halides is 3. The molecule has 34 heavy (non-hydrogen) atoms. The van der Waals surface area contributed by atoms with E-state index >= 15 is 0 Å². The number of hydrazine groups is 1. The highest BCUT2D eigenvalue weighted by molar-refractivity contribution is 5.48. The third kappa shape index (κ3) is 5.88. The quantitative estimate of drug-likeness (QED) is 0.279. The van der Waals surface area contributed by atoms with Gasteiger partial charge in [-0.15, -0.1) is 0 Å². The second-order valence-corrected chi connectivity index (χ2v) is 8.59. The molecule has 0 bridgehead atoms. The lowest BCUT2D eigenvalue weighted by molar-refractivity contribution is -0.141. The van der Waals surface area contributed by atoms with Crippen LogP contribution < -0.4 is 43.6 Å². The first-order valence-electron chi connectivity index (χ1n) is 10.8. The number of nitrogens with zero attached hydrogens (tertiary/aromatic N) is 7. The highest BCUT2D eigenvalue weighted by Gasteiger charge is 2.33. The van der Waals surface area contributed by atoms with Crippen molar-refractivity contribution in [3.63, 3.8) is 0 Å². The van der Waals surface area contributed by atoms with Crippen LogP contribution in [0.25, 0.3) is 0 Å². The van der Waals surface area contributed by atoms with E-state index in [0.717, 1.165) is 12.3 Å². The Morgan fingerprint density at radius 1 is 0.735 bits per heavy atom. The van der Waals surface area contributed by atoms with Gasteiger partial charge in [0.25, 0.3) is 0 Å². The fraction of sp³-hybridized carbons (Fsp3) is 0.611. The second kappa shape index (κ2) is 9.65. The van der Waals surface area contributed by atoms with E-state index in [4.69, 9.17) is 22.9 Å². The summed E-state index contributed by atoms with van der Waals surface area (Å²) in [5.74, 6) is 0.374. The maximum Gasteiger partial charge on any atom is 0.433 e. The van der Waals surface area contributed by atoms with Crippen molar-refractivity contribution in [3.8, 4) is 0 Å². The minimum Gasteiger partial charge on any atom is -0.338 e. The van der Waals surface area contributed by atoms with Crippen LogP contribution in [0.4, 0.5) is 37.0 Å². The monoisotopic (exact) mass is 483 g/mol. The standard InChI is InChI=1S/C18H28F3N13/c19-18(20,21)13-1-2-26-14(27-13)31-32-15-28-16(33-5-9(22)3-10(23)6-33)30-17(29-15)34-7-11(24)4-12(25)8-34/h1-2,9-12H,3-8,22-25H2,(H,26,27,31)(H,28,29,30,32)/t9-,10+,11-,12+. The molecule has 2 aliphatic rings. The Morgan fingerprint density at radius 3 is 1.68 bits per heavy atom. The van der Waals surface area contributed by atoms with Crippen LogP contribution in [0.5, 0.6) is 0 Å². The van der Waals surface area contributed by atoms with Gasteiger partial charge in [0.15, 0.2) is 0 Å². The van der Waals surface area contributed by atoms with Crippen molar-refractivity contribution < 1.29 is 13.2 Å². The van der Waals surface area contributed by atoms with Crippen LogP contribution in [0.1, 0.15) is 18.5 Å². The number of hydrogen-bond donors (Lipinski definition) is 6. The van der Waals surface area contributed by atoms with E-state index in [2.05, 4.69) is 35.8 Å². The Labute approximate surface area is 193 Å². The zero-order valence-electron chi connectivity index (χ0n) is 18.3. The van der Waals surface area contributed by atoms with Gasteiger partial charge in [0.05, 0.1) is 0 Å². The van der Waals surface area contributed by atoms with Gasteiger partial charge in [-0.25, -0.2) is 9.97 Å². The molecule has 0 aliphatic carbocycles. The summed E-state index contributed by atoms with van der Waals surface area (Å²) in [6, 6.07) is 0.140. The van der Waals surface area contributed by atoms with Crippen LogP contribution in [0.15, 0.2) is 12.3 Å². The lowest BCUT2D eigenvalue weighted by atomic mass is 10.0. The summed E-state index contributed by atoms with van der Waals surface area (Å²) >= 11 is 0. The molecule has 2 aromatic heterocycles. The molecule has 0 aromatic carbocycles. The van der Waals surface area contributed by atoms with E-state index in [1.54, 1.807) is 0 Å². The van der Waals surface area contributed by atoms with Crippen LogP contribution >= 0.6 is 0 Å². The molecule has 2 saturated heterocycles. The fourth-order valence-electron chi connectivity index (χ4n) is 4.07. The van der Waals surface area contributed by atoms with Crippen molar-refractivity contribution in [2.75, 3.05) is 46.8 Å². The molecule has 0 amide bonds. The lowest BCUT2D eigenvalue weighted by Gasteiger charge is -2.36. The predicted octanol–water partition coefficient (Wildman–Crippen LogP) is -1.15. The molecule has 16 heteroatoms. The molecular formula is C18H28F3N13. The van der Waals surface area contributed by atoms with Crippen LogP contribution in [-0.4, -0.2) is 75.3 Å². The van der Waals surface area contributed by atoms with E-state index in [1.165, 1.54) is 0 Å². The largest absolute Gasteiger partial charge is 0.433 e. The minimum absolute atomic E-state index is 0.0430. The van der Waals surface area contributed by atoms with Gasteiger partial charge in [-0.1, -0.05) is 0 Å². The lowest BCUT2D eigenvalue weighted by Crippen LogP contribution is -2.54. The smallest absolute Gasteiger partial charge is 0.338 e. The number of aromatic nitrogens is 5. The van der Waals surface area contributed by atoms with E-state index in [-0.39, 0.29) is 36.1 Å². The molecule has 4 atom stereocenters. The van der Waals surface area contributed by atoms with Crippen LogP contribution in [0.3, 0.4) is 0 Å². The van der Waals surface area contributed by atoms with Crippen molar-refractivity contribution in [1.29, 1.82) is 0 Å². The molecule has 4 heterocycles. The Bertz CT molecular complexity index is 926. The average molecular weight is 484 g/mol. The number of halogens is 3. The molecule has 186 valence electrons. The number of hydrogen-bond acceptors (Lipinski definition) is 13. The Balaban J connectivity index is 1.60. The van der Waals surface area contributed by atoms with Crippen molar-refractivity contribution in [2.24, 2.45) is 22.9 Å². The number of rotatable bonds is 5. The summed E-state index contributed by atoms with van der Waals surface area (Å²) in [5.41, 5.74) is 28.6. The minimum atomic E-state index is -4.61. The van der Waals surface area contributed by atoms with Gasteiger partial charge >= 0.3 is 6.18 Å². The van der Waals surface area contributed by atoms with Crippen molar-refractivity contribution in [3.05, 3.63) is 18.0 Å². The topological polar surface area (TPSA) is 199 Å². The Kier molecular flexibility index (Phi) is 6.83. The normalized spacial score (nSPS) is 25.9. The number of nitrogens with one attached hydrogen (secondary N) is 2. The van der Waals surface area contributed by atoms with Crippen LogP contribution in [0.2, 0.25) is 0 Å². The zero-order chi connectivity index (χ0) is 24.5. The number of nitrogens with two attached hydrogens (primary N) is 4. The Morgan fingerprint density at radius 2 is 1.21 bits per heavy atom.